The fourth-order valence-electron chi connectivity index (χ4n) is 2.53. The van der Waals surface area contributed by atoms with Crippen LogP contribution in [0.15, 0.2) is 41.4 Å². The number of carbonyl (C=O) groups is 1. The Morgan fingerprint density at radius 1 is 1.29 bits per heavy atom. The van der Waals surface area contributed by atoms with Crippen molar-refractivity contribution in [1.82, 2.24) is 15.2 Å². The molecule has 0 radical (unpaired) electrons. The van der Waals surface area contributed by atoms with Crippen LogP contribution in [0.3, 0.4) is 0 Å². The van der Waals surface area contributed by atoms with Crippen LogP contribution in [0.25, 0.3) is 0 Å². The van der Waals surface area contributed by atoms with Gasteiger partial charge in [0.1, 0.15) is 12.2 Å². The van der Waals surface area contributed by atoms with E-state index in [0.29, 0.717) is 6.54 Å². The molecule has 6 nitrogen and oxygen atoms in total. The number of ketones is 1. The summed E-state index contributed by atoms with van der Waals surface area (Å²) in [6.07, 6.45) is 7.31. The van der Waals surface area contributed by atoms with Gasteiger partial charge in [-0.15, -0.1) is 0 Å². The van der Waals surface area contributed by atoms with E-state index in [0.717, 1.165) is 36.5 Å². The summed E-state index contributed by atoms with van der Waals surface area (Å²) >= 11 is 0. The van der Waals surface area contributed by atoms with E-state index in [2.05, 4.69) is 17.0 Å². The van der Waals surface area contributed by atoms with Gasteiger partial charge in [-0.2, -0.15) is 15.3 Å². The van der Waals surface area contributed by atoms with Gasteiger partial charge in [-0.25, -0.2) is 0 Å². The number of hydrazone groups is 1. The van der Waals surface area contributed by atoms with Crippen molar-refractivity contribution in [2.24, 2.45) is 5.10 Å². The van der Waals surface area contributed by atoms with Gasteiger partial charge >= 0.3 is 0 Å². The zero-order chi connectivity index (χ0) is 14.8. The molecule has 1 aromatic heterocycles. The normalized spacial score (nSPS) is 17.8. The second kappa shape index (κ2) is 5.55. The van der Waals surface area contributed by atoms with Gasteiger partial charge < -0.3 is 0 Å². The first-order chi connectivity index (χ1) is 10.2. The average Bonchev–Trinajstić information content (AvgIpc) is 2.81. The molecule has 0 aliphatic carbocycles. The third-order valence-corrected chi connectivity index (χ3v) is 3.57. The predicted molar refractivity (Wildman–Crippen MR) is 81.2 cm³/mol. The molecule has 110 valence electrons. The van der Waals surface area contributed by atoms with E-state index >= 15 is 0 Å². The predicted octanol–water partition coefficient (Wildman–Crippen LogP) is 1.98. The number of fused-ring (bicyclic) bond motifs is 1. The summed E-state index contributed by atoms with van der Waals surface area (Å²) < 4.78 is 0. The molecule has 3 rings (SSSR count). The molecule has 0 saturated heterocycles. The molecule has 21 heavy (non-hydrogen) atoms. The van der Waals surface area contributed by atoms with Crippen molar-refractivity contribution >= 4 is 17.2 Å². The van der Waals surface area contributed by atoms with Crippen molar-refractivity contribution in [3.8, 4) is 0 Å². The number of anilines is 1. The van der Waals surface area contributed by atoms with Gasteiger partial charge in [-0.05, 0) is 25.5 Å². The van der Waals surface area contributed by atoms with Crippen molar-refractivity contribution in [1.29, 1.82) is 0 Å². The fraction of sp³-hybridized carbons (Fsp3) is 0.400. The van der Waals surface area contributed by atoms with E-state index in [1.54, 1.807) is 18.5 Å². The number of hydrogen-bond acceptors (Lipinski definition) is 6. The van der Waals surface area contributed by atoms with Crippen LogP contribution in [0.1, 0.15) is 26.7 Å². The third kappa shape index (κ3) is 2.49. The van der Waals surface area contributed by atoms with Crippen molar-refractivity contribution in [3.63, 3.8) is 0 Å². The van der Waals surface area contributed by atoms with E-state index in [9.17, 15) is 4.79 Å². The number of pyridine rings is 1. The molecule has 0 fully saturated rings. The van der Waals surface area contributed by atoms with E-state index < -0.39 is 0 Å². The minimum Gasteiger partial charge on any atom is -0.293 e. The third-order valence-electron chi connectivity index (χ3n) is 3.57. The summed E-state index contributed by atoms with van der Waals surface area (Å²) in [6.45, 7) is 5.25. The molecular weight excluding hydrogens is 266 g/mol. The Morgan fingerprint density at radius 3 is 2.76 bits per heavy atom. The second-order valence-corrected chi connectivity index (χ2v) is 5.18. The van der Waals surface area contributed by atoms with Crippen molar-refractivity contribution in [2.45, 2.75) is 26.7 Å². The van der Waals surface area contributed by atoms with Crippen LogP contribution in [0.5, 0.6) is 0 Å². The average molecular weight is 285 g/mol. The molecule has 1 aromatic rings. The molecule has 2 aliphatic heterocycles. The number of hydrogen-bond donors (Lipinski definition) is 0. The second-order valence-electron chi connectivity index (χ2n) is 5.18. The highest BCUT2D eigenvalue weighted by atomic mass is 16.1. The summed E-state index contributed by atoms with van der Waals surface area (Å²) in [7, 11) is 0. The molecule has 0 atom stereocenters. The lowest BCUT2D eigenvalue weighted by molar-refractivity contribution is -0.116. The summed E-state index contributed by atoms with van der Waals surface area (Å²) in [4.78, 5) is 16.1. The molecule has 0 bridgehead atoms. The molecule has 0 spiro atoms. The zero-order valence-corrected chi connectivity index (χ0v) is 12.4. The highest BCUT2D eigenvalue weighted by molar-refractivity contribution is 6.07. The fourth-order valence-corrected chi connectivity index (χ4v) is 2.53. The Bertz CT molecular complexity index is 595. The Morgan fingerprint density at radius 2 is 2.05 bits per heavy atom. The highest BCUT2D eigenvalue weighted by Gasteiger charge is 2.36. The number of carbonyl (C=O) groups excluding carboxylic acids is 1. The van der Waals surface area contributed by atoms with E-state index in [1.165, 1.54) is 0 Å². The summed E-state index contributed by atoms with van der Waals surface area (Å²) in [5, 5.41) is 10.5. The SMILES string of the molecule is CCCCN1N=C(C)C2=CC(=O)CN(c3ccncc3)N21. The quantitative estimate of drug-likeness (QED) is 0.846. The van der Waals surface area contributed by atoms with Crippen LogP contribution < -0.4 is 5.01 Å². The first-order valence-electron chi connectivity index (χ1n) is 7.26. The first-order valence-corrected chi connectivity index (χ1v) is 7.26. The van der Waals surface area contributed by atoms with E-state index in [4.69, 9.17) is 0 Å². The van der Waals surface area contributed by atoms with Gasteiger partial charge in [-0.3, -0.25) is 14.8 Å². The van der Waals surface area contributed by atoms with Crippen LogP contribution in [0.2, 0.25) is 0 Å². The van der Waals surface area contributed by atoms with Crippen LogP contribution in [0, 0.1) is 0 Å². The van der Waals surface area contributed by atoms with Crippen molar-refractivity contribution in [3.05, 3.63) is 36.3 Å². The molecular formula is C15H19N5O. The van der Waals surface area contributed by atoms with Crippen molar-refractivity contribution in [2.75, 3.05) is 18.1 Å². The van der Waals surface area contributed by atoms with Gasteiger partial charge in [0.15, 0.2) is 5.78 Å². The standard InChI is InChI=1S/C15H19N5O/c1-3-4-9-19-17-12(2)15-10-14(21)11-18(20(15)19)13-5-7-16-8-6-13/h5-8,10H,3-4,9,11H2,1-2H3. The summed E-state index contributed by atoms with van der Waals surface area (Å²) in [5.74, 6) is 0.0879. The van der Waals surface area contributed by atoms with Gasteiger partial charge in [0.25, 0.3) is 0 Å². The number of rotatable bonds is 4. The lowest BCUT2D eigenvalue weighted by Gasteiger charge is -2.41. The maximum Gasteiger partial charge on any atom is 0.179 e. The number of aromatic nitrogens is 1. The zero-order valence-electron chi connectivity index (χ0n) is 12.4. The number of allylic oxidation sites excluding steroid dienone is 1. The number of nitrogens with zero attached hydrogens (tertiary/aromatic N) is 5. The molecule has 0 amide bonds. The Balaban J connectivity index is 1.95. The van der Waals surface area contributed by atoms with Crippen LogP contribution in [-0.4, -0.2) is 39.8 Å². The summed E-state index contributed by atoms with van der Waals surface area (Å²) in [5.41, 5.74) is 2.67. The molecule has 0 saturated carbocycles. The largest absolute Gasteiger partial charge is 0.293 e. The lowest BCUT2D eigenvalue weighted by Crippen LogP contribution is -2.53. The summed E-state index contributed by atoms with van der Waals surface area (Å²) in [6, 6.07) is 3.81. The maximum atomic E-state index is 12.0. The first kappa shape index (κ1) is 13.6. The van der Waals surface area contributed by atoms with Crippen LogP contribution >= 0.6 is 0 Å². The molecule has 6 heteroatoms. The minimum atomic E-state index is 0.0879. The minimum absolute atomic E-state index is 0.0879. The van der Waals surface area contributed by atoms with Gasteiger partial charge in [-0.1, -0.05) is 13.3 Å². The van der Waals surface area contributed by atoms with Crippen molar-refractivity contribution < 1.29 is 4.79 Å². The van der Waals surface area contributed by atoms with Gasteiger partial charge in [0, 0.05) is 18.5 Å². The van der Waals surface area contributed by atoms with Gasteiger partial charge in [0.05, 0.1) is 17.9 Å². The molecule has 0 unspecified atom stereocenters. The number of hydrazine groups is 2. The lowest BCUT2D eigenvalue weighted by atomic mass is 10.2. The Kier molecular flexibility index (Phi) is 3.60. The number of unbranched alkanes of at least 4 members (excludes halogenated alkanes) is 1. The van der Waals surface area contributed by atoms with Crippen LogP contribution in [-0.2, 0) is 4.79 Å². The smallest absolute Gasteiger partial charge is 0.179 e. The van der Waals surface area contributed by atoms with E-state index in [-0.39, 0.29) is 5.78 Å². The Hall–Kier alpha value is -2.37. The van der Waals surface area contributed by atoms with Gasteiger partial charge in [0.2, 0.25) is 0 Å². The maximum absolute atomic E-state index is 12.0. The van der Waals surface area contributed by atoms with Crippen LogP contribution in [0.4, 0.5) is 5.69 Å². The molecule has 0 aromatic carbocycles. The van der Waals surface area contributed by atoms with E-state index in [1.807, 2.05) is 34.3 Å². The Labute approximate surface area is 124 Å². The topological polar surface area (TPSA) is 52.0 Å². The molecule has 0 N–H and O–H groups in total. The molecule has 2 aliphatic rings. The monoisotopic (exact) mass is 285 g/mol. The highest BCUT2D eigenvalue weighted by Crippen LogP contribution is 2.29. The molecule has 3 heterocycles.